The van der Waals surface area contributed by atoms with E-state index in [4.69, 9.17) is 14.6 Å². The SMILES string of the molecule is O=C(O)c1ccc(OCc2ccccc2OCc2ccccc2)cc1. The van der Waals surface area contributed by atoms with Crippen molar-refractivity contribution in [3.63, 3.8) is 0 Å². The van der Waals surface area contributed by atoms with Crippen molar-refractivity contribution in [2.24, 2.45) is 0 Å². The van der Waals surface area contributed by atoms with Crippen LogP contribution in [0.15, 0.2) is 78.9 Å². The summed E-state index contributed by atoms with van der Waals surface area (Å²) in [4.78, 5) is 10.9. The minimum atomic E-state index is -0.953. The number of ether oxygens (including phenoxy) is 2. The summed E-state index contributed by atoms with van der Waals surface area (Å²) in [6, 6.07) is 24.0. The molecular formula is C21H18O4. The van der Waals surface area contributed by atoms with E-state index in [9.17, 15) is 4.79 Å². The lowest BCUT2D eigenvalue weighted by Crippen LogP contribution is -2.02. The van der Waals surface area contributed by atoms with Crippen LogP contribution in [0.25, 0.3) is 0 Å². The summed E-state index contributed by atoms with van der Waals surface area (Å²) >= 11 is 0. The van der Waals surface area contributed by atoms with E-state index in [-0.39, 0.29) is 5.56 Å². The van der Waals surface area contributed by atoms with E-state index in [0.29, 0.717) is 19.0 Å². The average molecular weight is 334 g/mol. The van der Waals surface area contributed by atoms with Gasteiger partial charge in [-0.05, 0) is 35.9 Å². The second kappa shape index (κ2) is 8.02. The molecule has 0 aliphatic heterocycles. The quantitative estimate of drug-likeness (QED) is 0.689. The fourth-order valence-electron chi connectivity index (χ4n) is 2.35. The number of carboxylic acid groups (broad SMARTS) is 1. The molecule has 25 heavy (non-hydrogen) atoms. The van der Waals surface area contributed by atoms with Gasteiger partial charge in [0.05, 0.1) is 5.56 Å². The predicted octanol–water partition coefficient (Wildman–Crippen LogP) is 4.54. The Morgan fingerprint density at radius 1 is 0.760 bits per heavy atom. The molecule has 0 unspecified atom stereocenters. The van der Waals surface area contributed by atoms with Crippen LogP contribution >= 0.6 is 0 Å². The molecule has 3 aromatic carbocycles. The molecule has 0 radical (unpaired) electrons. The molecule has 3 aromatic rings. The lowest BCUT2D eigenvalue weighted by molar-refractivity contribution is 0.0697. The minimum Gasteiger partial charge on any atom is -0.489 e. The van der Waals surface area contributed by atoms with Gasteiger partial charge in [0.1, 0.15) is 24.7 Å². The van der Waals surface area contributed by atoms with E-state index in [2.05, 4.69) is 0 Å². The van der Waals surface area contributed by atoms with Gasteiger partial charge in [-0.15, -0.1) is 0 Å². The number of rotatable bonds is 7. The zero-order chi connectivity index (χ0) is 17.5. The molecule has 0 aromatic heterocycles. The Morgan fingerprint density at radius 2 is 1.44 bits per heavy atom. The van der Waals surface area contributed by atoms with E-state index in [1.165, 1.54) is 12.1 Å². The maximum atomic E-state index is 10.9. The molecule has 4 heteroatoms. The lowest BCUT2D eigenvalue weighted by atomic mass is 10.2. The largest absolute Gasteiger partial charge is 0.489 e. The minimum absolute atomic E-state index is 0.235. The Kier molecular flexibility index (Phi) is 5.32. The van der Waals surface area contributed by atoms with Crippen LogP contribution in [0.5, 0.6) is 11.5 Å². The van der Waals surface area contributed by atoms with Crippen LogP contribution in [-0.2, 0) is 13.2 Å². The van der Waals surface area contributed by atoms with Crippen molar-refractivity contribution in [3.8, 4) is 11.5 Å². The van der Waals surface area contributed by atoms with Gasteiger partial charge in [-0.1, -0.05) is 48.5 Å². The van der Waals surface area contributed by atoms with Crippen LogP contribution in [0, 0.1) is 0 Å². The summed E-state index contributed by atoms with van der Waals surface area (Å²) in [5.41, 5.74) is 2.27. The standard InChI is InChI=1S/C21H18O4/c22-21(23)17-10-12-19(13-11-17)24-15-18-8-4-5-9-20(18)25-14-16-6-2-1-3-7-16/h1-13H,14-15H2,(H,22,23). The third kappa shape index (κ3) is 4.61. The third-order valence-electron chi connectivity index (χ3n) is 3.71. The highest BCUT2D eigenvalue weighted by Gasteiger charge is 2.06. The highest BCUT2D eigenvalue weighted by atomic mass is 16.5. The van der Waals surface area contributed by atoms with Gasteiger partial charge in [-0.3, -0.25) is 0 Å². The summed E-state index contributed by atoms with van der Waals surface area (Å²) in [7, 11) is 0. The monoisotopic (exact) mass is 334 g/mol. The molecule has 0 aliphatic rings. The van der Waals surface area contributed by atoms with Crippen molar-refractivity contribution < 1.29 is 19.4 Å². The summed E-state index contributed by atoms with van der Waals surface area (Å²) in [5, 5.41) is 8.92. The summed E-state index contributed by atoms with van der Waals surface area (Å²) in [6.07, 6.45) is 0. The third-order valence-corrected chi connectivity index (χ3v) is 3.71. The van der Waals surface area contributed by atoms with Gasteiger partial charge >= 0.3 is 5.97 Å². The molecule has 4 nitrogen and oxygen atoms in total. The zero-order valence-corrected chi connectivity index (χ0v) is 13.6. The fourth-order valence-corrected chi connectivity index (χ4v) is 2.35. The van der Waals surface area contributed by atoms with Crippen molar-refractivity contribution in [3.05, 3.63) is 95.6 Å². The van der Waals surface area contributed by atoms with Crippen molar-refractivity contribution in [1.82, 2.24) is 0 Å². The average Bonchev–Trinajstić information content (AvgIpc) is 2.66. The van der Waals surface area contributed by atoms with Crippen LogP contribution < -0.4 is 9.47 Å². The van der Waals surface area contributed by atoms with Gasteiger partial charge < -0.3 is 14.6 Å². The molecule has 1 N–H and O–H groups in total. The van der Waals surface area contributed by atoms with E-state index >= 15 is 0 Å². The molecule has 0 aliphatic carbocycles. The van der Waals surface area contributed by atoms with Gasteiger partial charge in [0, 0.05) is 5.56 Å². The molecule has 0 bridgehead atoms. The van der Waals surface area contributed by atoms with E-state index in [0.717, 1.165) is 16.9 Å². The van der Waals surface area contributed by atoms with Crippen LogP contribution in [0.2, 0.25) is 0 Å². The van der Waals surface area contributed by atoms with Gasteiger partial charge in [0.2, 0.25) is 0 Å². The highest BCUT2D eigenvalue weighted by molar-refractivity contribution is 5.87. The van der Waals surface area contributed by atoms with Crippen molar-refractivity contribution in [1.29, 1.82) is 0 Å². The molecular weight excluding hydrogens is 316 g/mol. The van der Waals surface area contributed by atoms with E-state index in [1.54, 1.807) is 12.1 Å². The topological polar surface area (TPSA) is 55.8 Å². The second-order valence-corrected chi connectivity index (χ2v) is 5.50. The second-order valence-electron chi connectivity index (χ2n) is 5.50. The number of hydrogen-bond acceptors (Lipinski definition) is 3. The van der Waals surface area contributed by atoms with Gasteiger partial charge in [0.15, 0.2) is 0 Å². The summed E-state index contributed by atoms with van der Waals surface area (Å²) in [5.74, 6) is 0.433. The van der Waals surface area contributed by atoms with Crippen molar-refractivity contribution in [2.45, 2.75) is 13.2 Å². The van der Waals surface area contributed by atoms with Crippen LogP contribution in [0.1, 0.15) is 21.5 Å². The van der Waals surface area contributed by atoms with Crippen molar-refractivity contribution >= 4 is 5.97 Å². The smallest absolute Gasteiger partial charge is 0.335 e. The lowest BCUT2D eigenvalue weighted by Gasteiger charge is -2.12. The van der Waals surface area contributed by atoms with E-state index in [1.807, 2.05) is 54.6 Å². The first-order chi connectivity index (χ1) is 12.2. The first kappa shape index (κ1) is 16.6. The molecule has 0 saturated carbocycles. The maximum absolute atomic E-state index is 10.9. The molecule has 0 amide bonds. The number of carbonyl (C=O) groups is 1. The normalized spacial score (nSPS) is 10.2. The Hall–Kier alpha value is -3.27. The molecule has 0 fully saturated rings. The maximum Gasteiger partial charge on any atom is 0.335 e. The van der Waals surface area contributed by atoms with Gasteiger partial charge in [-0.2, -0.15) is 0 Å². The van der Waals surface area contributed by atoms with Crippen molar-refractivity contribution in [2.75, 3.05) is 0 Å². The van der Waals surface area contributed by atoms with Gasteiger partial charge in [-0.25, -0.2) is 4.79 Å². The first-order valence-corrected chi connectivity index (χ1v) is 7.93. The van der Waals surface area contributed by atoms with Crippen LogP contribution in [0.4, 0.5) is 0 Å². The highest BCUT2D eigenvalue weighted by Crippen LogP contribution is 2.22. The molecule has 0 spiro atoms. The van der Waals surface area contributed by atoms with Crippen LogP contribution in [-0.4, -0.2) is 11.1 Å². The van der Waals surface area contributed by atoms with Crippen LogP contribution in [0.3, 0.4) is 0 Å². The Bertz CT molecular complexity index is 826. The molecule has 126 valence electrons. The first-order valence-electron chi connectivity index (χ1n) is 7.93. The number of hydrogen-bond donors (Lipinski definition) is 1. The fraction of sp³-hybridized carbons (Fsp3) is 0.0952. The molecule has 0 atom stereocenters. The number of para-hydroxylation sites is 1. The number of aromatic carboxylic acids is 1. The molecule has 0 saturated heterocycles. The molecule has 3 rings (SSSR count). The number of benzene rings is 3. The van der Waals surface area contributed by atoms with Gasteiger partial charge in [0.25, 0.3) is 0 Å². The predicted molar refractivity (Wildman–Crippen MR) is 94.9 cm³/mol. The molecule has 0 heterocycles. The summed E-state index contributed by atoms with van der Waals surface area (Å²) in [6.45, 7) is 0.836. The summed E-state index contributed by atoms with van der Waals surface area (Å²) < 4.78 is 11.7. The Morgan fingerprint density at radius 3 is 2.16 bits per heavy atom. The zero-order valence-electron chi connectivity index (χ0n) is 13.6. The Labute approximate surface area is 146 Å². The van der Waals surface area contributed by atoms with E-state index < -0.39 is 5.97 Å². The number of carboxylic acids is 1. The Balaban J connectivity index is 1.63.